The van der Waals surface area contributed by atoms with Crippen LogP contribution in [0.3, 0.4) is 0 Å². The molecule has 1 N–H and O–H groups in total. The Morgan fingerprint density at radius 1 is 1.39 bits per heavy atom. The summed E-state index contributed by atoms with van der Waals surface area (Å²) in [5, 5.41) is 3.71. The van der Waals surface area contributed by atoms with Crippen LogP contribution in [0, 0.1) is 5.92 Å². The molecule has 1 aromatic carbocycles. The highest BCUT2D eigenvalue weighted by atomic mass is 16.5. The number of nitrogens with zero attached hydrogens (tertiary/aromatic N) is 2. The van der Waals surface area contributed by atoms with Crippen LogP contribution in [0.5, 0.6) is 5.75 Å². The molecule has 1 unspecified atom stereocenters. The van der Waals surface area contributed by atoms with E-state index in [1.165, 1.54) is 5.56 Å². The molecule has 5 nitrogen and oxygen atoms in total. The number of hydrogen-bond donors (Lipinski definition) is 1. The lowest BCUT2D eigenvalue weighted by molar-refractivity contribution is 0.0518. The predicted molar refractivity (Wildman–Crippen MR) is 89.3 cm³/mol. The third-order valence-electron chi connectivity index (χ3n) is 4.53. The van der Waals surface area contributed by atoms with Gasteiger partial charge in [0, 0.05) is 39.2 Å². The van der Waals surface area contributed by atoms with Gasteiger partial charge in [-0.1, -0.05) is 12.1 Å². The molecule has 0 radical (unpaired) electrons. The second-order valence-electron chi connectivity index (χ2n) is 6.06. The smallest absolute Gasteiger partial charge is 0.125 e. The Morgan fingerprint density at radius 2 is 2.22 bits per heavy atom. The van der Waals surface area contributed by atoms with Gasteiger partial charge >= 0.3 is 0 Å². The van der Waals surface area contributed by atoms with Crippen molar-refractivity contribution in [3.63, 3.8) is 0 Å². The van der Waals surface area contributed by atoms with Crippen LogP contribution in [-0.2, 0) is 18.3 Å². The number of hydrogen-bond acceptors (Lipinski definition) is 4. The first-order valence-corrected chi connectivity index (χ1v) is 8.19. The van der Waals surface area contributed by atoms with Crippen molar-refractivity contribution in [2.24, 2.45) is 13.0 Å². The molecule has 1 atom stereocenters. The minimum absolute atomic E-state index is 0.241. The van der Waals surface area contributed by atoms with Crippen molar-refractivity contribution in [2.75, 3.05) is 20.3 Å². The van der Waals surface area contributed by atoms with E-state index in [9.17, 15) is 0 Å². The number of benzene rings is 1. The summed E-state index contributed by atoms with van der Waals surface area (Å²) in [5.74, 6) is 2.54. The molecule has 23 heavy (non-hydrogen) atoms. The van der Waals surface area contributed by atoms with Crippen molar-refractivity contribution in [3.8, 4) is 5.75 Å². The largest absolute Gasteiger partial charge is 0.497 e. The summed E-state index contributed by atoms with van der Waals surface area (Å²) >= 11 is 0. The van der Waals surface area contributed by atoms with E-state index >= 15 is 0 Å². The summed E-state index contributed by atoms with van der Waals surface area (Å²) in [4.78, 5) is 4.57. The van der Waals surface area contributed by atoms with Crippen LogP contribution in [0.25, 0.3) is 0 Å². The topological polar surface area (TPSA) is 48.3 Å². The van der Waals surface area contributed by atoms with Gasteiger partial charge in [-0.05, 0) is 36.5 Å². The van der Waals surface area contributed by atoms with Crippen molar-refractivity contribution < 1.29 is 9.47 Å². The zero-order chi connectivity index (χ0) is 16.1. The van der Waals surface area contributed by atoms with E-state index in [1.807, 2.05) is 24.5 Å². The van der Waals surface area contributed by atoms with E-state index in [-0.39, 0.29) is 6.04 Å². The zero-order valence-electron chi connectivity index (χ0n) is 13.9. The van der Waals surface area contributed by atoms with Gasteiger partial charge in [-0.2, -0.15) is 0 Å². The lowest BCUT2D eigenvalue weighted by Gasteiger charge is -2.30. The number of ether oxygens (including phenoxy) is 2. The third-order valence-corrected chi connectivity index (χ3v) is 4.53. The fraction of sp³-hybridized carbons (Fsp3) is 0.500. The van der Waals surface area contributed by atoms with E-state index in [0.29, 0.717) is 5.92 Å². The Bertz CT molecular complexity index is 620. The number of imidazole rings is 1. The highest BCUT2D eigenvalue weighted by molar-refractivity contribution is 5.28. The van der Waals surface area contributed by atoms with Gasteiger partial charge in [-0.3, -0.25) is 0 Å². The molecule has 0 saturated carbocycles. The van der Waals surface area contributed by atoms with Crippen molar-refractivity contribution >= 4 is 0 Å². The molecular weight excluding hydrogens is 290 g/mol. The van der Waals surface area contributed by atoms with E-state index in [1.54, 1.807) is 7.11 Å². The molecule has 0 bridgehead atoms. The average Bonchev–Trinajstić information content (AvgIpc) is 3.02. The Hall–Kier alpha value is -1.85. The summed E-state index contributed by atoms with van der Waals surface area (Å²) in [6, 6.07) is 8.44. The van der Waals surface area contributed by atoms with Gasteiger partial charge in [0.2, 0.25) is 0 Å². The van der Waals surface area contributed by atoms with Crippen molar-refractivity contribution in [3.05, 3.63) is 48.0 Å². The molecule has 0 spiro atoms. The molecule has 3 rings (SSSR count). The van der Waals surface area contributed by atoms with Crippen LogP contribution in [0.2, 0.25) is 0 Å². The molecule has 1 aliphatic rings. The SMILES string of the molecule is COc1cccc(CNC(c2nccn2C)C2CCOCC2)c1. The van der Waals surface area contributed by atoms with Gasteiger partial charge in [0.1, 0.15) is 11.6 Å². The first-order chi connectivity index (χ1) is 11.3. The van der Waals surface area contributed by atoms with Crippen LogP contribution in [0.15, 0.2) is 36.7 Å². The van der Waals surface area contributed by atoms with E-state index in [2.05, 4.69) is 34.0 Å². The highest BCUT2D eigenvalue weighted by Crippen LogP contribution is 2.29. The molecule has 0 amide bonds. The number of aryl methyl sites for hydroxylation is 1. The predicted octanol–water partition coefficient (Wildman–Crippen LogP) is 2.69. The molecule has 1 fully saturated rings. The third kappa shape index (κ3) is 3.92. The van der Waals surface area contributed by atoms with Gasteiger partial charge in [0.05, 0.1) is 13.2 Å². The molecule has 0 aliphatic carbocycles. The van der Waals surface area contributed by atoms with Crippen LogP contribution < -0.4 is 10.1 Å². The summed E-state index contributed by atoms with van der Waals surface area (Å²) in [6.07, 6.45) is 6.02. The fourth-order valence-corrected chi connectivity index (χ4v) is 3.20. The maximum absolute atomic E-state index is 5.52. The highest BCUT2D eigenvalue weighted by Gasteiger charge is 2.27. The second-order valence-corrected chi connectivity index (χ2v) is 6.06. The average molecular weight is 315 g/mol. The molecule has 124 valence electrons. The normalized spacial score (nSPS) is 17.1. The number of nitrogens with one attached hydrogen (secondary N) is 1. The fourth-order valence-electron chi connectivity index (χ4n) is 3.20. The van der Waals surface area contributed by atoms with Gasteiger partial charge in [-0.25, -0.2) is 4.98 Å². The maximum Gasteiger partial charge on any atom is 0.125 e. The molecular formula is C18H25N3O2. The number of aromatic nitrogens is 2. The van der Waals surface area contributed by atoms with Crippen LogP contribution in [0.4, 0.5) is 0 Å². The summed E-state index contributed by atoms with van der Waals surface area (Å²) in [5.41, 5.74) is 1.22. The van der Waals surface area contributed by atoms with Crippen LogP contribution in [-0.4, -0.2) is 29.9 Å². The zero-order valence-corrected chi connectivity index (χ0v) is 13.9. The number of rotatable bonds is 6. The van der Waals surface area contributed by atoms with Crippen molar-refractivity contribution in [1.29, 1.82) is 0 Å². The Morgan fingerprint density at radius 3 is 2.91 bits per heavy atom. The summed E-state index contributed by atoms with van der Waals surface area (Å²) < 4.78 is 12.9. The minimum Gasteiger partial charge on any atom is -0.497 e. The molecule has 1 aliphatic heterocycles. The van der Waals surface area contributed by atoms with Crippen LogP contribution in [0.1, 0.15) is 30.3 Å². The van der Waals surface area contributed by atoms with E-state index in [4.69, 9.17) is 9.47 Å². The molecule has 2 heterocycles. The van der Waals surface area contributed by atoms with E-state index in [0.717, 1.165) is 44.2 Å². The maximum atomic E-state index is 5.52. The number of methoxy groups -OCH3 is 1. The quantitative estimate of drug-likeness (QED) is 0.890. The second kappa shape index (κ2) is 7.62. The lowest BCUT2D eigenvalue weighted by Crippen LogP contribution is -2.33. The summed E-state index contributed by atoms with van der Waals surface area (Å²) in [6.45, 7) is 2.48. The monoisotopic (exact) mass is 315 g/mol. The Kier molecular flexibility index (Phi) is 5.31. The Balaban J connectivity index is 1.74. The molecule has 1 saturated heterocycles. The minimum atomic E-state index is 0.241. The van der Waals surface area contributed by atoms with E-state index < -0.39 is 0 Å². The summed E-state index contributed by atoms with van der Waals surface area (Å²) in [7, 11) is 3.76. The standard InChI is InChI=1S/C18H25N3O2/c1-21-9-8-19-18(21)17(15-6-10-23-11-7-15)20-13-14-4-3-5-16(12-14)22-2/h3-5,8-9,12,15,17,20H,6-7,10-11,13H2,1-2H3. The van der Waals surface area contributed by atoms with Crippen molar-refractivity contribution in [1.82, 2.24) is 14.9 Å². The van der Waals surface area contributed by atoms with Gasteiger partial charge in [0.15, 0.2) is 0 Å². The van der Waals surface area contributed by atoms with Crippen molar-refractivity contribution in [2.45, 2.75) is 25.4 Å². The van der Waals surface area contributed by atoms with Gasteiger partial charge in [0.25, 0.3) is 0 Å². The first kappa shape index (κ1) is 16.0. The first-order valence-electron chi connectivity index (χ1n) is 8.19. The molecule has 5 heteroatoms. The lowest BCUT2D eigenvalue weighted by atomic mass is 9.91. The van der Waals surface area contributed by atoms with Gasteiger partial charge < -0.3 is 19.4 Å². The molecule has 2 aromatic rings. The Labute approximate surface area is 137 Å². The van der Waals surface area contributed by atoms with Gasteiger partial charge in [-0.15, -0.1) is 0 Å². The van der Waals surface area contributed by atoms with Crippen LogP contribution >= 0.6 is 0 Å². The molecule has 1 aromatic heterocycles.